The Kier molecular flexibility index (Phi) is 7.21. The van der Waals surface area contributed by atoms with Gasteiger partial charge in [-0.2, -0.15) is 0 Å². The Morgan fingerprint density at radius 2 is 1.73 bits per heavy atom. The fourth-order valence-corrected chi connectivity index (χ4v) is 4.84. The molecule has 0 aromatic heterocycles. The number of carbonyl (C=O) groups excluding carboxylic acids is 1. The standard InChI is InChI=1S/C27H29ClN2O3/c1-18(29-27(31)21-11-7-8-12-23(21)28)26-22-16-25(33-3)24(32-2)15-20(22)13-14-30(26)17-19-9-5-4-6-10-19/h4-12,15-16,18,26H,13-14,17H2,1-3H3,(H,29,31)/t18-,26+/m1/s1. The van der Waals surface area contributed by atoms with Crippen molar-refractivity contribution in [2.45, 2.75) is 32.0 Å². The highest BCUT2D eigenvalue weighted by molar-refractivity contribution is 6.33. The molecule has 1 aliphatic heterocycles. The molecule has 4 rings (SSSR count). The summed E-state index contributed by atoms with van der Waals surface area (Å²) in [5, 5.41) is 3.64. The fourth-order valence-electron chi connectivity index (χ4n) is 4.62. The van der Waals surface area contributed by atoms with E-state index in [1.54, 1.807) is 26.4 Å². The topological polar surface area (TPSA) is 50.8 Å². The third-order valence-electron chi connectivity index (χ3n) is 6.21. The maximum Gasteiger partial charge on any atom is 0.253 e. The number of benzene rings is 3. The number of nitrogens with zero attached hydrogens (tertiary/aromatic N) is 1. The predicted octanol–water partition coefficient (Wildman–Crippen LogP) is 5.28. The minimum atomic E-state index is -0.180. The first-order valence-corrected chi connectivity index (χ1v) is 11.5. The Morgan fingerprint density at radius 1 is 1.06 bits per heavy atom. The maximum absolute atomic E-state index is 13.1. The van der Waals surface area contributed by atoms with E-state index in [1.165, 1.54) is 11.1 Å². The second kappa shape index (κ2) is 10.3. The number of hydrogen-bond acceptors (Lipinski definition) is 4. The van der Waals surface area contributed by atoms with Gasteiger partial charge in [-0.05, 0) is 54.3 Å². The average Bonchev–Trinajstić information content (AvgIpc) is 2.83. The van der Waals surface area contributed by atoms with Crippen LogP contribution in [0.4, 0.5) is 0 Å². The van der Waals surface area contributed by atoms with Gasteiger partial charge in [-0.25, -0.2) is 0 Å². The number of fused-ring (bicyclic) bond motifs is 1. The van der Waals surface area contributed by atoms with Crippen LogP contribution in [0, 0.1) is 0 Å². The highest BCUT2D eigenvalue weighted by Gasteiger charge is 2.34. The Bertz CT molecular complexity index is 1120. The van der Waals surface area contributed by atoms with E-state index in [-0.39, 0.29) is 18.0 Å². The molecule has 3 aromatic carbocycles. The van der Waals surface area contributed by atoms with Crippen molar-refractivity contribution in [2.75, 3.05) is 20.8 Å². The van der Waals surface area contributed by atoms with Crippen LogP contribution in [0.2, 0.25) is 5.02 Å². The summed E-state index contributed by atoms with van der Waals surface area (Å²) in [6.45, 7) is 3.70. The van der Waals surface area contributed by atoms with Gasteiger partial charge in [0.1, 0.15) is 0 Å². The number of carbonyl (C=O) groups is 1. The van der Waals surface area contributed by atoms with E-state index in [9.17, 15) is 4.79 Å². The van der Waals surface area contributed by atoms with Crippen molar-refractivity contribution < 1.29 is 14.3 Å². The van der Waals surface area contributed by atoms with Crippen molar-refractivity contribution in [3.8, 4) is 11.5 Å². The Balaban J connectivity index is 1.69. The van der Waals surface area contributed by atoms with E-state index in [1.807, 2.05) is 31.2 Å². The first kappa shape index (κ1) is 23.1. The zero-order chi connectivity index (χ0) is 23.4. The van der Waals surface area contributed by atoms with Crippen LogP contribution in [-0.2, 0) is 13.0 Å². The molecule has 172 valence electrons. The fraction of sp³-hybridized carbons (Fsp3) is 0.296. The summed E-state index contributed by atoms with van der Waals surface area (Å²) in [5.74, 6) is 1.23. The highest BCUT2D eigenvalue weighted by Crippen LogP contribution is 2.40. The first-order chi connectivity index (χ1) is 16.0. The molecule has 0 bridgehead atoms. The van der Waals surface area contributed by atoms with Crippen molar-refractivity contribution in [1.29, 1.82) is 0 Å². The van der Waals surface area contributed by atoms with E-state index in [0.29, 0.717) is 16.3 Å². The molecule has 0 unspecified atom stereocenters. The van der Waals surface area contributed by atoms with Crippen molar-refractivity contribution in [3.63, 3.8) is 0 Å². The van der Waals surface area contributed by atoms with E-state index in [2.05, 4.69) is 40.5 Å². The summed E-state index contributed by atoms with van der Waals surface area (Å²) >= 11 is 6.28. The van der Waals surface area contributed by atoms with E-state index >= 15 is 0 Å². The smallest absolute Gasteiger partial charge is 0.253 e. The molecular formula is C27H29ClN2O3. The van der Waals surface area contributed by atoms with Gasteiger partial charge in [-0.3, -0.25) is 9.69 Å². The molecule has 6 heteroatoms. The summed E-state index contributed by atoms with van der Waals surface area (Å²) in [5.41, 5.74) is 4.06. The Hall–Kier alpha value is -3.02. The summed E-state index contributed by atoms with van der Waals surface area (Å²) in [7, 11) is 3.30. The second-order valence-electron chi connectivity index (χ2n) is 8.30. The number of nitrogens with one attached hydrogen (secondary N) is 1. The van der Waals surface area contributed by atoms with Gasteiger partial charge in [0.2, 0.25) is 0 Å². The van der Waals surface area contributed by atoms with Gasteiger partial charge >= 0.3 is 0 Å². The average molecular weight is 465 g/mol. The zero-order valence-electron chi connectivity index (χ0n) is 19.2. The van der Waals surface area contributed by atoms with Gasteiger partial charge in [0.15, 0.2) is 11.5 Å². The van der Waals surface area contributed by atoms with Crippen LogP contribution in [0.5, 0.6) is 11.5 Å². The molecular weight excluding hydrogens is 436 g/mol. The van der Waals surface area contributed by atoms with Crippen LogP contribution in [0.25, 0.3) is 0 Å². The van der Waals surface area contributed by atoms with Crippen LogP contribution < -0.4 is 14.8 Å². The molecule has 1 amide bonds. The lowest BCUT2D eigenvalue weighted by Crippen LogP contribution is -2.47. The minimum Gasteiger partial charge on any atom is -0.493 e. The van der Waals surface area contributed by atoms with Gasteiger partial charge < -0.3 is 14.8 Å². The third kappa shape index (κ3) is 5.00. The molecule has 2 atom stereocenters. The van der Waals surface area contributed by atoms with Gasteiger partial charge in [0, 0.05) is 19.1 Å². The summed E-state index contributed by atoms with van der Waals surface area (Å²) in [6, 6.07) is 21.4. The highest BCUT2D eigenvalue weighted by atomic mass is 35.5. The zero-order valence-corrected chi connectivity index (χ0v) is 19.9. The van der Waals surface area contributed by atoms with E-state index in [0.717, 1.165) is 30.8 Å². The van der Waals surface area contributed by atoms with Crippen molar-refractivity contribution in [2.24, 2.45) is 0 Å². The number of ether oxygens (including phenoxy) is 2. The van der Waals surface area contributed by atoms with Gasteiger partial charge in [0.05, 0.1) is 30.8 Å². The van der Waals surface area contributed by atoms with Crippen molar-refractivity contribution in [3.05, 3.63) is 94.0 Å². The van der Waals surface area contributed by atoms with Crippen LogP contribution in [0.3, 0.4) is 0 Å². The minimum absolute atomic E-state index is 0.0415. The van der Waals surface area contributed by atoms with Gasteiger partial charge in [-0.15, -0.1) is 0 Å². The summed E-state index contributed by atoms with van der Waals surface area (Å²) in [6.07, 6.45) is 0.893. The van der Waals surface area contributed by atoms with Gasteiger partial charge in [-0.1, -0.05) is 54.1 Å². The second-order valence-corrected chi connectivity index (χ2v) is 8.71. The predicted molar refractivity (Wildman–Crippen MR) is 131 cm³/mol. The lowest BCUT2D eigenvalue weighted by molar-refractivity contribution is 0.0877. The Morgan fingerprint density at radius 3 is 2.42 bits per heavy atom. The van der Waals surface area contributed by atoms with Crippen LogP contribution in [0.1, 0.15) is 40.0 Å². The molecule has 5 nitrogen and oxygen atoms in total. The molecule has 1 aliphatic rings. The summed E-state index contributed by atoms with van der Waals surface area (Å²) < 4.78 is 11.1. The molecule has 0 saturated heterocycles. The monoisotopic (exact) mass is 464 g/mol. The van der Waals surface area contributed by atoms with Crippen molar-refractivity contribution >= 4 is 17.5 Å². The van der Waals surface area contributed by atoms with Crippen LogP contribution in [-0.4, -0.2) is 37.6 Å². The number of hydrogen-bond donors (Lipinski definition) is 1. The molecule has 1 N–H and O–H groups in total. The van der Waals surface area contributed by atoms with E-state index < -0.39 is 0 Å². The molecule has 0 fully saturated rings. The SMILES string of the molecule is COc1cc2c(cc1OC)[C@H]([C@@H](C)NC(=O)c1ccccc1Cl)N(Cc1ccccc1)CC2. The first-order valence-electron chi connectivity index (χ1n) is 11.1. The molecule has 3 aromatic rings. The lowest BCUT2D eigenvalue weighted by Gasteiger charge is -2.41. The molecule has 0 radical (unpaired) electrons. The quantitative estimate of drug-likeness (QED) is 0.517. The molecule has 0 aliphatic carbocycles. The number of methoxy groups -OCH3 is 2. The van der Waals surface area contributed by atoms with E-state index in [4.69, 9.17) is 21.1 Å². The number of amides is 1. The largest absolute Gasteiger partial charge is 0.493 e. The van der Waals surface area contributed by atoms with Crippen LogP contribution >= 0.6 is 11.6 Å². The summed E-state index contributed by atoms with van der Waals surface area (Å²) in [4.78, 5) is 15.5. The molecule has 0 saturated carbocycles. The normalized spacial score (nSPS) is 16.5. The Labute approximate surface area is 200 Å². The maximum atomic E-state index is 13.1. The molecule has 0 spiro atoms. The molecule has 33 heavy (non-hydrogen) atoms. The van der Waals surface area contributed by atoms with Crippen LogP contribution in [0.15, 0.2) is 66.7 Å². The number of rotatable bonds is 7. The lowest BCUT2D eigenvalue weighted by atomic mass is 9.87. The molecule has 1 heterocycles. The van der Waals surface area contributed by atoms with Crippen molar-refractivity contribution in [1.82, 2.24) is 10.2 Å². The third-order valence-corrected chi connectivity index (χ3v) is 6.53. The number of halogens is 1. The van der Waals surface area contributed by atoms with Gasteiger partial charge in [0.25, 0.3) is 5.91 Å².